The minimum atomic E-state index is 0.629. The molecule has 2 N–H and O–H groups in total. The lowest BCUT2D eigenvalue weighted by atomic mass is 10.3. The molecule has 0 aliphatic rings. The molecule has 0 aliphatic carbocycles. The summed E-state index contributed by atoms with van der Waals surface area (Å²) in [6.45, 7) is 2.58. The summed E-state index contributed by atoms with van der Waals surface area (Å²) in [5.74, 6) is 0.789. The number of benzene rings is 1. The van der Waals surface area contributed by atoms with Gasteiger partial charge in [-0.1, -0.05) is 11.8 Å². The molecule has 0 bridgehead atoms. The summed E-state index contributed by atoms with van der Waals surface area (Å²) >= 11 is 4.92. The molecule has 94 valence electrons. The molecule has 18 heavy (non-hydrogen) atoms. The Morgan fingerprint density at radius 1 is 1.33 bits per heavy atom. The first-order chi connectivity index (χ1) is 8.67. The molecule has 0 atom stereocenters. The summed E-state index contributed by atoms with van der Waals surface area (Å²) in [7, 11) is 0. The average molecular weight is 325 g/mol. The lowest BCUT2D eigenvalue weighted by Crippen LogP contribution is -1.94. The predicted molar refractivity (Wildman–Crippen MR) is 78.1 cm³/mol. The summed E-state index contributed by atoms with van der Waals surface area (Å²) in [6, 6.07) is 9.62. The molecular formula is C13H13BrN2OS. The van der Waals surface area contributed by atoms with Gasteiger partial charge in [-0.2, -0.15) is 0 Å². The van der Waals surface area contributed by atoms with E-state index in [2.05, 4.69) is 20.9 Å². The molecule has 0 saturated carbocycles. The molecular weight excluding hydrogens is 312 g/mol. The number of anilines is 1. The zero-order valence-electron chi connectivity index (χ0n) is 9.89. The van der Waals surface area contributed by atoms with Gasteiger partial charge >= 0.3 is 0 Å². The molecule has 5 heteroatoms. The van der Waals surface area contributed by atoms with Gasteiger partial charge in [0.1, 0.15) is 10.8 Å². The second-order valence-corrected chi connectivity index (χ2v) is 5.60. The van der Waals surface area contributed by atoms with E-state index in [9.17, 15) is 0 Å². The summed E-state index contributed by atoms with van der Waals surface area (Å²) in [4.78, 5) is 5.33. The fourth-order valence-electron chi connectivity index (χ4n) is 1.45. The van der Waals surface area contributed by atoms with E-state index in [0.29, 0.717) is 12.3 Å². The van der Waals surface area contributed by atoms with Crippen LogP contribution in [-0.4, -0.2) is 11.6 Å². The number of hydrogen-bond acceptors (Lipinski definition) is 4. The number of hydrogen-bond donors (Lipinski definition) is 1. The highest BCUT2D eigenvalue weighted by molar-refractivity contribution is 9.10. The Hall–Kier alpha value is -1.20. The van der Waals surface area contributed by atoms with Crippen molar-refractivity contribution in [2.45, 2.75) is 16.8 Å². The molecule has 1 aromatic carbocycles. The van der Waals surface area contributed by atoms with Crippen LogP contribution in [0.25, 0.3) is 0 Å². The van der Waals surface area contributed by atoms with Crippen LogP contribution < -0.4 is 10.5 Å². The van der Waals surface area contributed by atoms with Crippen molar-refractivity contribution < 1.29 is 4.74 Å². The first-order valence-electron chi connectivity index (χ1n) is 5.50. The van der Waals surface area contributed by atoms with Crippen molar-refractivity contribution in [1.82, 2.24) is 4.98 Å². The SMILES string of the molecule is CCOc1cc(N)cc(Sc2ccc(Br)cn2)c1. The number of aromatic nitrogens is 1. The molecule has 0 saturated heterocycles. The van der Waals surface area contributed by atoms with Crippen LogP contribution in [0.5, 0.6) is 5.75 Å². The molecule has 0 unspecified atom stereocenters. The highest BCUT2D eigenvalue weighted by Crippen LogP contribution is 2.31. The van der Waals surface area contributed by atoms with Gasteiger partial charge in [-0.3, -0.25) is 0 Å². The third kappa shape index (κ3) is 3.65. The van der Waals surface area contributed by atoms with Crippen molar-refractivity contribution in [3.8, 4) is 5.75 Å². The summed E-state index contributed by atoms with van der Waals surface area (Å²) in [5, 5.41) is 0.922. The fourth-order valence-corrected chi connectivity index (χ4v) is 2.53. The number of pyridine rings is 1. The van der Waals surface area contributed by atoms with E-state index in [0.717, 1.165) is 20.1 Å². The first kappa shape index (κ1) is 13.2. The van der Waals surface area contributed by atoms with Gasteiger partial charge in [0.05, 0.1) is 6.61 Å². The van der Waals surface area contributed by atoms with Crippen molar-refractivity contribution >= 4 is 33.4 Å². The zero-order chi connectivity index (χ0) is 13.0. The number of nitrogens with two attached hydrogens (primary N) is 1. The normalized spacial score (nSPS) is 10.3. The highest BCUT2D eigenvalue weighted by Gasteiger charge is 2.03. The molecule has 2 aromatic rings. The van der Waals surface area contributed by atoms with Crippen molar-refractivity contribution in [2.75, 3.05) is 12.3 Å². The van der Waals surface area contributed by atoms with Crippen molar-refractivity contribution in [3.05, 3.63) is 41.0 Å². The first-order valence-corrected chi connectivity index (χ1v) is 7.11. The Kier molecular flexibility index (Phi) is 4.49. The number of ether oxygens (including phenoxy) is 1. The van der Waals surface area contributed by atoms with Crippen LogP contribution in [0.15, 0.2) is 50.9 Å². The number of rotatable bonds is 4. The third-order valence-electron chi connectivity index (χ3n) is 2.14. The van der Waals surface area contributed by atoms with Gasteiger partial charge in [-0.25, -0.2) is 4.98 Å². The van der Waals surface area contributed by atoms with Crippen LogP contribution in [0.2, 0.25) is 0 Å². The minimum Gasteiger partial charge on any atom is -0.494 e. The molecule has 3 nitrogen and oxygen atoms in total. The van der Waals surface area contributed by atoms with Crippen LogP contribution >= 0.6 is 27.7 Å². The van der Waals surface area contributed by atoms with Crippen LogP contribution in [0.4, 0.5) is 5.69 Å². The molecule has 2 rings (SSSR count). The van der Waals surface area contributed by atoms with E-state index in [-0.39, 0.29) is 0 Å². The van der Waals surface area contributed by atoms with E-state index < -0.39 is 0 Å². The number of nitrogen functional groups attached to an aromatic ring is 1. The van der Waals surface area contributed by atoms with E-state index >= 15 is 0 Å². The van der Waals surface area contributed by atoms with E-state index in [1.165, 1.54) is 0 Å². The minimum absolute atomic E-state index is 0.629. The van der Waals surface area contributed by atoms with Crippen molar-refractivity contribution in [1.29, 1.82) is 0 Å². The van der Waals surface area contributed by atoms with E-state index in [1.54, 1.807) is 18.0 Å². The second kappa shape index (κ2) is 6.11. The Balaban J connectivity index is 2.20. The highest BCUT2D eigenvalue weighted by atomic mass is 79.9. The smallest absolute Gasteiger partial charge is 0.122 e. The number of halogens is 1. The maximum Gasteiger partial charge on any atom is 0.122 e. The molecule has 0 radical (unpaired) electrons. The standard InChI is InChI=1S/C13H13BrN2OS/c1-2-17-11-5-10(15)6-12(7-11)18-13-4-3-9(14)8-16-13/h3-8H,2,15H2,1H3. The van der Waals surface area contributed by atoms with Crippen molar-refractivity contribution in [2.24, 2.45) is 0 Å². The lowest BCUT2D eigenvalue weighted by Gasteiger charge is -2.07. The molecule has 0 aliphatic heterocycles. The monoisotopic (exact) mass is 324 g/mol. The van der Waals surface area contributed by atoms with Crippen LogP contribution in [-0.2, 0) is 0 Å². The van der Waals surface area contributed by atoms with Gasteiger partial charge in [-0.05, 0) is 47.1 Å². The van der Waals surface area contributed by atoms with Gasteiger partial charge in [0, 0.05) is 27.3 Å². The maximum atomic E-state index is 5.85. The Bertz CT molecular complexity index is 531. The Morgan fingerprint density at radius 3 is 2.83 bits per heavy atom. The van der Waals surface area contributed by atoms with Crippen LogP contribution in [0, 0.1) is 0 Å². The van der Waals surface area contributed by atoms with E-state index in [1.807, 2.05) is 37.3 Å². The Labute approximate surface area is 119 Å². The van der Waals surface area contributed by atoms with Gasteiger partial charge in [-0.15, -0.1) is 0 Å². The number of nitrogens with zero attached hydrogens (tertiary/aromatic N) is 1. The van der Waals surface area contributed by atoms with E-state index in [4.69, 9.17) is 10.5 Å². The topological polar surface area (TPSA) is 48.1 Å². The summed E-state index contributed by atoms with van der Waals surface area (Å²) < 4.78 is 6.43. The van der Waals surface area contributed by atoms with Crippen molar-refractivity contribution in [3.63, 3.8) is 0 Å². The fraction of sp³-hybridized carbons (Fsp3) is 0.154. The van der Waals surface area contributed by atoms with Gasteiger partial charge in [0.25, 0.3) is 0 Å². The van der Waals surface area contributed by atoms with Gasteiger partial charge in [0.15, 0.2) is 0 Å². The second-order valence-electron chi connectivity index (χ2n) is 3.59. The van der Waals surface area contributed by atoms with Crippen LogP contribution in [0.1, 0.15) is 6.92 Å². The predicted octanol–water partition coefficient (Wildman–Crippen LogP) is 3.98. The quantitative estimate of drug-likeness (QED) is 0.864. The third-order valence-corrected chi connectivity index (χ3v) is 3.53. The maximum absolute atomic E-state index is 5.85. The average Bonchev–Trinajstić information content (AvgIpc) is 2.32. The van der Waals surface area contributed by atoms with Gasteiger partial charge in [0.2, 0.25) is 0 Å². The van der Waals surface area contributed by atoms with Crippen LogP contribution in [0.3, 0.4) is 0 Å². The van der Waals surface area contributed by atoms with Gasteiger partial charge < -0.3 is 10.5 Å². The lowest BCUT2D eigenvalue weighted by molar-refractivity contribution is 0.339. The molecule has 1 heterocycles. The Morgan fingerprint density at radius 2 is 2.17 bits per heavy atom. The molecule has 0 fully saturated rings. The molecule has 0 amide bonds. The molecule has 0 spiro atoms. The zero-order valence-corrected chi connectivity index (χ0v) is 12.3. The largest absolute Gasteiger partial charge is 0.494 e. The summed E-state index contributed by atoms with van der Waals surface area (Å²) in [6.07, 6.45) is 1.78. The summed E-state index contributed by atoms with van der Waals surface area (Å²) in [5.41, 5.74) is 6.54. The molecule has 1 aromatic heterocycles.